The molecule has 6 rings (SSSR count). The number of piperidine rings is 2. The first-order valence-electron chi connectivity index (χ1n) is 18.6. The van der Waals surface area contributed by atoms with Gasteiger partial charge in [0.05, 0.1) is 36.9 Å². The molecule has 292 valence electrons. The Morgan fingerprint density at radius 1 is 0.887 bits per heavy atom. The van der Waals surface area contributed by atoms with Gasteiger partial charge in [0.25, 0.3) is 0 Å². The third-order valence-corrected chi connectivity index (χ3v) is 13.9. The lowest BCUT2D eigenvalue weighted by atomic mass is 9.86. The van der Waals surface area contributed by atoms with Crippen molar-refractivity contribution in [3.8, 4) is 5.75 Å². The Kier molecular flexibility index (Phi) is 12.0. The summed E-state index contributed by atoms with van der Waals surface area (Å²) in [5.41, 5.74) is 1.38. The Balaban J connectivity index is 1.26. The summed E-state index contributed by atoms with van der Waals surface area (Å²) < 4.78 is 79.7. The minimum absolute atomic E-state index is 0.0151. The smallest absolute Gasteiger partial charge is 0.416 e. The van der Waals surface area contributed by atoms with Crippen LogP contribution >= 0.6 is 0 Å². The van der Waals surface area contributed by atoms with E-state index in [0.29, 0.717) is 102 Å². The second-order valence-electron chi connectivity index (χ2n) is 14.9. The minimum atomic E-state index is -4.55. The Hall–Kier alpha value is -3.40. The van der Waals surface area contributed by atoms with Gasteiger partial charge in [-0.2, -0.15) is 13.2 Å². The van der Waals surface area contributed by atoms with Crippen LogP contribution in [0.15, 0.2) is 42.5 Å². The van der Waals surface area contributed by atoms with Crippen LogP contribution in [0.5, 0.6) is 5.75 Å². The Labute approximate surface area is 310 Å². The molecule has 53 heavy (non-hydrogen) atoms. The Morgan fingerprint density at radius 2 is 1.57 bits per heavy atom. The third kappa shape index (κ3) is 8.47. The van der Waals surface area contributed by atoms with Crippen molar-refractivity contribution in [3.05, 3.63) is 59.2 Å². The summed E-state index contributed by atoms with van der Waals surface area (Å²) in [4.78, 5) is 32.4. The summed E-state index contributed by atoms with van der Waals surface area (Å²) in [7, 11) is -0.0965. The molecule has 0 bridgehead atoms. The number of methoxy groups -OCH3 is 2. The Morgan fingerprint density at radius 3 is 2.15 bits per heavy atom. The second-order valence-corrected chi connectivity index (χ2v) is 17.2. The number of ether oxygens (including phenoxy) is 2. The SMILES string of the molecule is CCS(=O)(=O)N1CCC(N2C[C@@H](C(=O)N3C[C@H](COC)[C@@H](c4ccc(C(F)(F)F)cc4N4CCC(C(=O)O)CC4)C3)[C@H](c3ccc(OC)cc3)C2)CC1. The van der Waals surface area contributed by atoms with Crippen LogP contribution in [0.3, 0.4) is 0 Å². The fourth-order valence-corrected chi connectivity index (χ4v) is 10.1. The summed E-state index contributed by atoms with van der Waals surface area (Å²) in [6, 6.07) is 11.7. The van der Waals surface area contributed by atoms with E-state index < -0.39 is 33.7 Å². The van der Waals surface area contributed by atoms with Gasteiger partial charge in [0, 0.05) is 89.0 Å². The number of carboxylic acid groups (broad SMARTS) is 1. The summed E-state index contributed by atoms with van der Waals surface area (Å²) in [6.07, 6.45) is -2.53. The molecule has 11 nitrogen and oxygen atoms in total. The number of nitrogens with zero attached hydrogens (tertiary/aromatic N) is 4. The molecular weight excluding hydrogens is 713 g/mol. The molecule has 2 aromatic rings. The molecule has 2 aromatic carbocycles. The summed E-state index contributed by atoms with van der Waals surface area (Å²) >= 11 is 0. The van der Waals surface area contributed by atoms with Gasteiger partial charge in [0.1, 0.15) is 5.75 Å². The number of benzene rings is 2. The number of rotatable bonds is 11. The number of hydrogen-bond donors (Lipinski definition) is 1. The zero-order valence-corrected chi connectivity index (χ0v) is 31.4. The van der Waals surface area contributed by atoms with Crippen molar-refractivity contribution >= 4 is 27.6 Å². The fourth-order valence-electron chi connectivity index (χ4n) is 8.94. The van der Waals surface area contributed by atoms with E-state index in [-0.39, 0.29) is 41.4 Å². The largest absolute Gasteiger partial charge is 0.497 e. The monoisotopic (exact) mass is 764 g/mol. The number of alkyl halides is 3. The highest BCUT2D eigenvalue weighted by molar-refractivity contribution is 7.89. The number of carbonyl (C=O) groups excluding carboxylic acids is 1. The van der Waals surface area contributed by atoms with Crippen molar-refractivity contribution in [3.63, 3.8) is 0 Å². The van der Waals surface area contributed by atoms with E-state index in [4.69, 9.17) is 9.47 Å². The maximum atomic E-state index is 14.7. The number of halogens is 3. The van der Waals surface area contributed by atoms with Gasteiger partial charge >= 0.3 is 12.1 Å². The average molecular weight is 765 g/mol. The first-order chi connectivity index (χ1) is 25.2. The van der Waals surface area contributed by atoms with Crippen molar-refractivity contribution in [2.24, 2.45) is 17.8 Å². The van der Waals surface area contributed by atoms with E-state index in [9.17, 15) is 36.3 Å². The van der Waals surface area contributed by atoms with Crippen LogP contribution in [-0.4, -0.2) is 124 Å². The lowest BCUT2D eigenvalue weighted by Gasteiger charge is -2.36. The highest BCUT2D eigenvalue weighted by atomic mass is 32.2. The van der Waals surface area contributed by atoms with E-state index in [1.807, 2.05) is 34.1 Å². The summed E-state index contributed by atoms with van der Waals surface area (Å²) in [6.45, 7) is 5.35. The van der Waals surface area contributed by atoms with Gasteiger partial charge in [0.15, 0.2) is 0 Å². The van der Waals surface area contributed by atoms with Crippen LogP contribution in [0, 0.1) is 17.8 Å². The predicted molar refractivity (Wildman–Crippen MR) is 194 cm³/mol. The molecule has 0 radical (unpaired) electrons. The van der Waals surface area contributed by atoms with Gasteiger partial charge in [-0.05, 0) is 68.0 Å². The highest BCUT2D eigenvalue weighted by Gasteiger charge is 2.47. The van der Waals surface area contributed by atoms with Crippen molar-refractivity contribution in [1.82, 2.24) is 14.1 Å². The van der Waals surface area contributed by atoms with E-state index in [1.54, 1.807) is 25.4 Å². The van der Waals surface area contributed by atoms with Crippen LogP contribution < -0.4 is 9.64 Å². The molecule has 4 aliphatic heterocycles. The van der Waals surface area contributed by atoms with Crippen LogP contribution in [0.25, 0.3) is 0 Å². The van der Waals surface area contributed by atoms with E-state index in [2.05, 4.69) is 4.90 Å². The number of amides is 1. The molecular formula is C38H51F3N4O7S. The molecule has 4 atom stereocenters. The quantitative estimate of drug-likeness (QED) is 0.347. The molecule has 15 heteroatoms. The lowest BCUT2D eigenvalue weighted by molar-refractivity contribution is -0.142. The van der Waals surface area contributed by atoms with Gasteiger partial charge in [-0.15, -0.1) is 0 Å². The second kappa shape index (κ2) is 16.1. The van der Waals surface area contributed by atoms with Crippen molar-refractivity contribution in [1.29, 1.82) is 0 Å². The van der Waals surface area contributed by atoms with Gasteiger partial charge in [-0.1, -0.05) is 18.2 Å². The molecule has 4 aliphatic rings. The van der Waals surface area contributed by atoms with Crippen molar-refractivity contribution in [2.45, 2.75) is 56.7 Å². The van der Waals surface area contributed by atoms with Gasteiger partial charge < -0.3 is 24.4 Å². The van der Waals surface area contributed by atoms with E-state index in [0.717, 1.165) is 11.6 Å². The molecule has 1 amide bonds. The molecule has 4 saturated heterocycles. The van der Waals surface area contributed by atoms with Gasteiger partial charge in [0.2, 0.25) is 15.9 Å². The molecule has 0 unspecified atom stereocenters. The zero-order valence-electron chi connectivity index (χ0n) is 30.6. The topological polar surface area (TPSA) is 120 Å². The molecule has 4 heterocycles. The number of sulfonamides is 1. The lowest BCUT2D eigenvalue weighted by Crippen LogP contribution is -2.46. The average Bonchev–Trinajstić information content (AvgIpc) is 3.80. The highest BCUT2D eigenvalue weighted by Crippen LogP contribution is 2.44. The number of hydrogen-bond acceptors (Lipinski definition) is 8. The Bertz CT molecular complexity index is 1710. The maximum Gasteiger partial charge on any atom is 0.416 e. The first-order valence-corrected chi connectivity index (χ1v) is 20.2. The molecule has 0 saturated carbocycles. The number of carbonyl (C=O) groups is 2. The summed E-state index contributed by atoms with van der Waals surface area (Å²) in [5.74, 6) is -1.65. The number of aliphatic carboxylic acids is 1. The molecule has 1 N–H and O–H groups in total. The van der Waals surface area contributed by atoms with Crippen LogP contribution in [0.1, 0.15) is 61.1 Å². The van der Waals surface area contributed by atoms with Crippen LogP contribution in [0.2, 0.25) is 0 Å². The van der Waals surface area contributed by atoms with Crippen LogP contribution in [0.4, 0.5) is 18.9 Å². The van der Waals surface area contributed by atoms with Gasteiger partial charge in [-0.3, -0.25) is 14.5 Å². The number of likely N-dealkylation sites (tertiary alicyclic amines) is 2. The number of anilines is 1. The summed E-state index contributed by atoms with van der Waals surface area (Å²) in [5, 5.41) is 9.54. The number of carboxylic acids is 1. The molecule has 0 aliphatic carbocycles. The van der Waals surface area contributed by atoms with Crippen molar-refractivity contribution < 1.29 is 45.8 Å². The third-order valence-electron chi connectivity index (χ3n) is 12.0. The van der Waals surface area contributed by atoms with E-state index >= 15 is 0 Å². The maximum absolute atomic E-state index is 14.7. The van der Waals surface area contributed by atoms with E-state index in [1.165, 1.54) is 12.1 Å². The zero-order chi connectivity index (χ0) is 38.1. The predicted octanol–water partition coefficient (Wildman–Crippen LogP) is 4.73. The van der Waals surface area contributed by atoms with Gasteiger partial charge in [-0.25, -0.2) is 12.7 Å². The normalized spacial score (nSPS) is 25.6. The molecule has 0 aromatic heterocycles. The standard InChI is InChI=1S/C38H51F3N4O7S/c1-4-53(49,50)45-17-13-29(14-18-45)43-21-32(25-5-8-30(52-3)9-6-25)34(23-43)36(46)44-20-27(24-51-2)33(22-44)31-10-7-28(38(39,40)41)19-35(31)42-15-11-26(12-16-42)37(47)48/h5-10,19,26-27,29,32-34H,4,11-18,20-24H2,1-3H3,(H,47,48)/t27-,32+,33+,34-/m1/s1. The molecule has 4 fully saturated rings. The molecule has 0 spiro atoms. The van der Waals surface area contributed by atoms with Crippen molar-refractivity contribution in [2.75, 3.05) is 83.8 Å². The fraction of sp³-hybridized carbons (Fsp3) is 0.632. The minimum Gasteiger partial charge on any atom is -0.497 e. The first kappa shape index (κ1) is 39.3. The van der Waals surface area contributed by atoms with Crippen LogP contribution in [-0.2, 0) is 30.5 Å².